The highest BCUT2D eigenvalue weighted by Gasteiger charge is 2.42. The second-order valence-corrected chi connectivity index (χ2v) is 11.9. The van der Waals surface area contributed by atoms with Gasteiger partial charge in [-0.2, -0.15) is 0 Å². The van der Waals surface area contributed by atoms with E-state index in [0.717, 1.165) is 48.2 Å². The van der Waals surface area contributed by atoms with Crippen molar-refractivity contribution in [3.8, 4) is 16.9 Å². The summed E-state index contributed by atoms with van der Waals surface area (Å²) in [5.74, 6) is 0.890. The molecule has 0 aliphatic carbocycles. The van der Waals surface area contributed by atoms with Crippen LogP contribution in [0.5, 0.6) is 5.75 Å². The van der Waals surface area contributed by atoms with Crippen molar-refractivity contribution in [3.05, 3.63) is 48.0 Å². The Kier molecular flexibility index (Phi) is 7.52. The summed E-state index contributed by atoms with van der Waals surface area (Å²) in [6, 6.07) is 14.1. The van der Waals surface area contributed by atoms with Crippen molar-refractivity contribution < 1.29 is 23.8 Å². The second-order valence-electron chi connectivity index (χ2n) is 11.9. The van der Waals surface area contributed by atoms with Gasteiger partial charge >= 0.3 is 12.1 Å². The highest BCUT2D eigenvalue weighted by Crippen LogP contribution is 2.40. The van der Waals surface area contributed by atoms with Gasteiger partial charge in [-0.25, -0.2) is 9.59 Å². The molecule has 2 aromatic rings. The van der Waals surface area contributed by atoms with E-state index < -0.39 is 0 Å². The number of aryl methyl sites for hydroxylation is 1. The molecule has 5 rings (SSSR count). The van der Waals surface area contributed by atoms with Gasteiger partial charge in [0.2, 0.25) is 0 Å². The maximum Gasteiger partial charge on any atom is 0.409 e. The van der Waals surface area contributed by atoms with E-state index in [1.54, 1.807) is 4.90 Å². The van der Waals surface area contributed by atoms with Gasteiger partial charge in [-0.1, -0.05) is 39.0 Å². The first-order valence-electron chi connectivity index (χ1n) is 13.7. The van der Waals surface area contributed by atoms with Crippen LogP contribution in [0.3, 0.4) is 0 Å². The summed E-state index contributed by atoms with van der Waals surface area (Å²) in [6.07, 6.45) is 3.34. The maximum atomic E-state index is 12.7. The zero-order valence-electron chi connectivity index (χ0n) is 22.8. The lowest BCUT2D eigenvalue weighted by Gasteiger charge is -2.45. The Morgan fingerprint density at radius 3 is 2.58 bits per heavy atom. The van der Waals surface area contributed by atoms with Gasteiger partial charge in [0.25, 0.3) is 0 Å². The predicted octanol–water partition coefficient (Wildman–Crippen LogP) is 5.56. The molecule has 0 aromatic heterocycles. The third kappa shape index (κ3) is 6.23. The molecule has 3 heterocycles. The number of ether oxygens (including phenoxy) is 3. The third-order valence-electron chi connectivity index (χ3n) is 7.41. The highest BCUT2D eigenvalue weighted by molar-refractivity contribution is 5.90. The van der Waals surface area contributed by atoms with E-state index in [2.05, 4.69) is 44.3 Å². The van der Waals surface area contributed by atoms with Crippen LogP contribution in [0.2, 0.25) is 0 Å². The highest BCUT2D eigenvalue weighted by atomic mass is 16.6. The third-order valence-corrected chi connectivity index (χ3v) is 7.41. The Morgan fingerprint density at radius 1 is 1.00 bits per heavy atom. The molecule has 0 bridgehead atoms. The topological polar surface area (TPSA) is 80.3 Å². The number of hydrogen-bond acceptors (Lipinski definition) is 5. The van der Waals surface area contributed by atoms with E-state index >= 15 is 0 Å². The number of carbonyl (C=O) groups excluding carboxylic acids is 2. The van der Waals surface area contributed by atoms with Crippen molar-refractivity contribution in [1.82, 2.24) is 9.80 Å². The number of benzene rings is 2. The summed E-state index contributed by atoms with van der Waals surface area (Å²) in [5, 5.41) is 3.02. The van der Waals surface area contributed by atoms with Gasteiger partial charge in [0, 0.05) is 25.3 Å². The summed E-state index contributed by atoms with van der Waals surface area (Å²) in [5.41, 5.74) is 3.64. The lowest BCUT2D eigenvalue weighted by Crippen LogP contribution is -2.55. The normalized spacial score (nSPS) is 21.4. The second kappa shape index (κ2) is 10.8. The van der Waals surface area contributed by atoms with Crippen molar-refractivity contribution in [2.45, 2.75) is 52.1 Å². The molecule has 1 atom stereocenters. The Bertz CT molecular complexity index is 1170. The molecule has 204 valence electrons. The Labute approximate surface area is 225 Å². The average Bonchev–Trinajstić information content (AvgIpc) is 2.92. The number of fused-ring (bicyclic) bond motifs is 1. The van der Waals surface area contributed by atoms with E-state index in [0.29, 0.717) is 46.0 Å². The first-order chi connectivity index (χ1) is 18.2. The summed E-state index contributed by atoms with van der Waals surface area (Å²) in [4.78, 5) is 28.9. The fraction of sp³-hybridized carbons (Fsp3) is 0.533. The van der Waals surface area contributed by atoms with Crippen LogP contribution in [-0.4, -0.2) is 73.5 Å². The molecular weight excluding hydrogens is 482 g/mol. The molecule has 8 nitrogen and oxygen atoms in total. The van der Waals surface area contributed by atoms with Crippen LogP contribution in [0.1, 0.15) is 45.6 Å². The number of morpholine rings is 1. The van der Waals surface area contributed by atoms with E-state index in [1.807, 2.05) is 29.2 Å². The molecule has 2 fully saturated rings. The Balaban J connectivity index is 1.25. The molecule has 3 aliphatic rings. The van der Waals surface area contributed by atoms with Crippen LogP contribution in [0, 0.1) is 5.41 Å². The molecule has 1 N–H and O–H groups in total. The van der Waals surface area contributed by atoms with E-state index in [-0.39, 0.29) is 23.1 Å². The maximum absolute atomic E-state index is 12.7. The van der Waals surface area contributed by atoms with E-state index in [1.165, 1.54) is 5.56 Å². The number of anilines is 1. The zero-order valence-corrected chi connectivity index (χ0v) is 22.8. The molecule has 1 unspecified atom stereocenters. The van der Waals surface area contributed by atoms with Crippen LogP contribution in [0.4, 0.5) is 15.3 Å². The number of urea groups is 1. The van der Waals surface area contributed by atoms with Gasteiger partial charge in [0.15, 0.2) is 0 Å². The van der Waals surface area contributed by atoms with Gasteiger partial charge in [-0.05, 0) is 72.1 Å². The fourth-order valence-electron chi connectivity index (χ4n) is 5.36. The molecule has 3 aliphatic heterocycles. The monoisotopic (exact) mass is 521 g/mol. The summed E-state index contributed by atoms with van der Waals surface area (Å²) in [6.45, 7) is 10.2. The standard InChI is InChI=1S/C30H39N3O5/c1-29(2,3)21-37-28(35)33-13-5-11-30(20-33)12-10-24-18-23(8-9-26(24)38-30)22-6-4-7-25(19-22)31-27(34)32-14-16-36-17-15-32/h4,6-9,18-19H,5,10-17,20-21H2,1-3H3,(H,31,34). The lowest BCUT2D eigenvalue weighted by molar-refractivity contribution is -0.0266. The van der Waals surface area contributed by atoms with Crippen LogP contribution in [0.25, 0.3) is 11.1 Å². The van der Waals surface area contributed by atoms with Gasteiger partial charge in [-0.15, -0.1) is 0 Å². The number of hydrogen-bond donors (Lipinski definition) is 1. The van der Waals surface area contributed by atoms with Crippen molar-refractivity contribution in [3.63, 3.8) is 0 Å². The number of rotatable bonds is 3. The number of likely N-dealkylation sites (tertiary alicyclic amines) is 1. The lowest BCUT2D eigenvalue weighted by atomic mass is 9.84. The predicted molar refractivity (Wildman–Crippen MR) is 147 cm³/mol. The van der Waals surface area contributed by atoms with Crippen LogP contribution >= 0.6 is 0 Å². The first kappa shape index (κ1) is 26.4. The Morgan fingerprint density at radius 2 is 1.79 bits per heavy atom. The molecule has 38 heavy (non-hydrogen) atoms. The molecule has 3 amide bonds. The smallest absolute Gasteiger partial charge is 0.409 e. The SMILES string of the molecule is CC(C)(C)COC(=O)N1CCCC2(CCc3cc(-c4cccc(NC(=O)N5CCOCC5)c4)ccc3O2)C1. The molecule has 2 aromatic carbocycles. The molecular formula is C30H39N3O5. The largest absolute Gasteiger partial charge is 0.485 e. The molecule has 8 heteroatoms. The van der Waals surface area contributed by atoms with Crippen LogP contribution in [0.15, 0.2) is 42.5 Å². The summed E-state index contributed by atoms with van der Waals surface area (Å²) < 4.78 is 17.5. The summed E-state index contributed by atoms with van der Waals surface area (Å²) >= 11 is 0. The van der Waals surface area contributed by atoms with E-state index in [9.17, 15) is 9.59 Å². The van der Waals surface area contributed by atoms with Gasteiger partial charge in [-0.3, -0.25) is 0 Å². The number of nitrogens with zero attached hydrogens (tertiary/aromatic N) is 2. The fourth-order valence-corrected chi connectivity index (χ4v) is 5.36. The Hall–Kier alpha value is -3.26. The van der Waals surface area contributed by atoms with Crippen molar-refractivity contribution in [1.29, 1.82) is 0 Å². The zero-order chi connectivity index (χ0) is 26.8. The molecule has 0 saturated carbocycles. The minimum absolute atomic E-state index is 0.0605. The van der Waals surface area contributed by atoms with Crippen molar-refractivity contribution >= 4 is 17.8 Å². The number of piperidine rings is 1. The minimum atomic E-state index is -0.364. The van der Waals surface area contributed by atoms with Gasteiger partial charge in [0.1, 0.15) is 11.4 Å². The minimum Gasteiger partial charge on any atom is -0.485 e. The van der Waals surface area contributed by atoms with Crippen molar-refractivity contribution in [2.75, 3.05) is 51.3 Å². The number of nitrogens with one attached hydrogen (secondary N) is 1. The number of amides is 3. The van der Waals surface area contributed by atoms with Crippen LogP contribution < -0.4 is 10.1 Å². The quantitative estimate of drug-likeness (QED) is 0.572. The number of carbonyl (C=O) groups is 2. The molecule has 1 spiro atoms. The van der Waals surface area contributed by atoms with Gasteiger partial charge < -0.3 is 29.3 Å². The van der Waals surface area contributed by atoms with E-state index in [4.69, 9.17) is 14.2 Å². The van der Waals surface area contributed by atoms with Gasteiger partial charge in [0.05, 0.1) is 26.4 Å². The van der Waals surface area contributed by atoms with Crippen molar-refractivity contribution in [2.24, 2.45) is 5.41 Å². The summed E-state index contributed by atoms with van der Waals surface area (Å²) in [7, 11) is 0. The average molecular weight is 522 g/mol. The molecule has 2 saturated heterocycles. The molecule has 0 radical (unpaired) electrons. The first-order valence-corrected chi connectivity index (χ1v) is 13.7. The van der Waals surface area contributed by atoms with Crippen LogP contribution in [-0.2, 0) is 15.9 Å².